The van der Waals surface area contributed by atoms with Gasteiger partial charge in [0, 0.05) is 10.7 Å². The lowest BCUT2D eigenvalue weighted by Crippen LogP contribution is -2.16. The number of hydrogen-bond donors (Lipinski definition) is 1. The second-order valence-corrected chi connectivity index (χ2v) is 5.21. The van der Waals surface area contributed by atoms with Crippen LogP contribution in [0.1, 0.15) is 11.1 Å². The van der Waals surface area contributed by atoms with Crippen LogP contribution in [0.5, 0.6) is 0 Å². The van der Waals surface area contributed by atoms with Crippen molar-refractivity contribution in [2.75, 3.05) is 5.32 Å². The maximum absolute atomic E-state index is 13.0. The summed E-state index contributed by atoms with van der Waals surface area (Å²) >= 11 is 3.28. The lowest BCUT2D eigenvalue weighted by Gasteiger charge is -2.08. The van der Waals surface area contributed by atoms with Crippen LogP contribution in [0.4, 0.5) is 14.6 Å². The van der Waals surface area contributed by atoms with Crippen LogP contribution in [0.2, 0.25) is 0 Å². The molecule has 0 bridgehead atoms. The zero-order chi connectivity index (χ0) is 14.7. The predicted octanol–water partition coefficient (Wildman–Crippen LogP) is 3.61. The fraction of sp³-hybridized carbons (Fsp3) is 0.143. The summed E-state index contributed by atoms with van der Waals surface area (Å²) in [5, 5.41) is 2.63. The van der Waals surface area contributed by atoms with Crippen molar-refractivity contribution in [2.45, 2.75) is 13.3 Å². The summed E-state index contributed by atoms with van der Waals surface area (Å²) in [5.74, 6) is -1.79. The number of aryl methyl sites for hydroxylation is 1. The van der Waals surface area contributed by atoms with Crippen molar-refractivity contribution in [1.82, 2.24) is 4.98 Å². The van der Waals surface area contributed by atoms with Gasteiger partial charge in [-0.1, -0.05) is 6.07 Å². The third-order valence-electron chi connectivity index (χ3n) is 2.65. The average Bonchev–Trinajstić information content (AvgIpc) is 2.37. The number of anilines is 1. The molecule has 0 saturated carbocycles. The molecular formula is C14H11BrF2N2O. The van der Waals surface area contributed by atoms with Crippen LogP contribution < -0.4 is 5.32 Å². The Morgan fingerprint density at radius 3 is 2.70 bits per heavy atom. The van der Waals surface area contributed by atoms with Gasteiger partial charge in [-0.2, -0.15) is 0 Å². The van der Waals surface area contributed by atoms with E-state index in [0.29, 0.717) is 11.4 Å². The van der Waals surface area contributed by atoms with Crippen LogP contribution in [0.15, 0.2) is 34.9 Å². The molecule has 1 N–H and O–H groups in total. The summed E-state index contributed by atoms with van der Waals surface area (Å²) in [7, 11) is 0. The van der Waals surface area contributed by atoms with Gasteiger partial charge < -0.3 is 5.32 Å². The second-order valence-electron chi connectivity index (χ2n) is 4.29. The summed E-state index contributed by atoms with van der Waals surface area (Å²) in [6.07, 6.45) is 1.52. The number of benzene rings is 1. The first-order chi connectivity index (χ1) is 9.45. The van der Waals surface area contributed by atoms with E-state index in [1.54, 1.807) is 6.20 Å². The van der Waals surface area contributed by atoms with Crippen LogP contribution in [-0.4, -0.2) is 10.9 Å². The van der Waals surface area contributed by atoms with Gasteiger partial charge in [0.15, 0.2) is 11.6 Å². The summed E-state index contributed by atoms with van der Waals surface area (Å²) in [6.45, 7) is 1.81. The third kappa shape index (κ3) is 3.60. The zero-order valence-electron chi connectivity index (χ0n) is 10.6. The maximum Gasteiger partial charge on any atom is 0.229 e. The van der Waals surface area contributed by atoms with Crippen molar-refractivity contribution in [2.24, 2.45) is 0 Å². The molecule has 0 spiro atoms. The summed E-state index contributed by atoms with van der Waals surface area (Å²) < 4.78 is 26.6. The average molecular weight is 341 g/mol. The van der Waals surface area contributed by atoms with Crippen LogP contribution in [0.3, 0.4) is 0 Å². The van der Waals surface area contributed by atoms with E-state index in [9.17, 15) is 13.6 Å². The van der Waals surface area contributed by atoms with E-state index >= 15 is 0 Å². The monoisotopic (exact) mass is 340 g/mol. The van der Waals surface area contributed by atoms with Crippen LogP contribution >= 0.6 is 15.9 Å². The van der Waals surface area contributed by atoms with Gasteiger partial charge in [0.2, 0.25) is 5.91 Å². The molecule has 3 nitrogen and oxygen atoms in total. The molecule has 0 atom stereocenters. The highest BCUT2D eigenvalue weighted by atomic mass is 79.9. The number of aromatic nitrogens is 1. The van der Waals surface area contributed by atoms with E-state index < -0.39 is 11.6 Å². The van der Waals surface area contributed by atoms with Crippen molar-refractivity contribution in [3.8, 4) is 0 Å². The molecule has 6 heteroatoms. The van der Waals surface area contributed by atoms with Gasteiger partial charge in [-0.05, 0) is 52.2 Å². The largest absolute Gasteiger partial charge is 0.310 e. The highest BCUT2D eigenvalue weighted by Gasteiger charge is 2.09. The van der Waals surface area contributed by atoms with E-state index in [-0.39, 0.29) is 12.3 Å². The number of nitrogens with zero attached hydrogens (tertiary/aromatic N) is 1. The molecule has 1 aromatic carbocycles. The normalized spacial score (nSPS) is 10.4. The molecule has 1 aromatic heterocycles. The number of carbonyl (C=O) groups is 1. The van der Waals surface area contributed by atoms with E-state index in [1.807, 2.05) is 13.0 Å². The fourth-order valence-electron chi connectivity index (χ4n) is 1.68. The first kappa shape index (κ1) is 14.6. The molecule has 0 saturated heterocycles. The highest BCUT2D eigenvalue weighted by Crippen LogP contribution is 2.17. The molecule has 0 radical (unpaired) electrons. The summed E-state index contributed by atoms with van der Waals surface area (Å²) in [5.41, 5.74) is 1.20. The molecule has 104 valence electrons. The summed E-state index contributed by atoms with van der Waals surface area (Å²) in [6, 6.07) is 5.21. The third-order valence-corrected chi connectivity index (χ3v) is 3.09. The number of nitrogens with one attached hydrogen (secondary N) is 1. The van der Waals surface area contributed by atoms with Gasteiger partial charge in [0.25, 0.3) is 0 Å². The molecular weight excluding hydrogens is 330 g/mol. The van der Waals surface area contributed by atoms with Gasteiger partial charge in [-0.3, -0.25) is 4.79 Å². The summed E-state index contributed by atoms with van der Waals surface area (Å²) in [4.78, 5) is 15.9. The van der Waals surface area contributed by atoms with E-state index in [1.165, 1.54) is 6.07 Å². The van der Waals surface area contributed by atoms with E-state index in [2.05, 4.69) is 26.2 Å². The number of carbonyl (C=O) groups excluding carboxylic acids is 1. The molecule has 2 aromatic rings. The minimum absolute atomic E-state index is 0.0472. The minimum atomic E-state index is -0.965. The Morgan fingerprint density at radius 2 is 2.05 bits per heavy atom. The molecule has 0 aliphatic rings. The Morgan fingerprint density at radius 1 is 1.30 bits per heavy atom. The maximum atomic E-state index is 13.0. The van der Waals surface area contributed by atoms with Crippen molar-refractivity contribution in [3.63, 3.8) is 0 Å². The Hall–Kier alpha value is -1.82. The van der Waals surface area contributed by atoms with Crippen molar-refractivity contribution < 1.29 is 13.6 Å². The van der Waals surface area contributed by atoms with Gasteiger partial charge in [0.1, 0.15) is 5.82 Å². The first-order valence-electron chi connectivity index (χ1n) is 5.81. The molecule has 0 fully saturated rings. The van der Waals surface area contributed by atoms with Crippen molar-refractivity contribution in [3.05, 3.63) is 57.7 Å². The van der Waals surface area contributed by atoms with Gasteiger partial charge >= 0.3 is 0 Å². The number of amides is 1. The van der Waals surface area contributed by atoms with Gasteiger partial charge in [0.05, 0.1) is 6.42 Å². The highest BCUT2D eigenvalue weighted by molar-refractivity contribution is 9.10. The van der Waals surface area contributed by atoms with Gasteiger partial charge in [-0.15, -0.1) is 0 Å². The van der Waals surface area contributed by atoms with Crippen LogP contribution in [0, 0.1) is 18.6 Å². The second kappa shape index (κ2) is 6.09. The lowest BCUT2D eigenvalue weighted by atomic mass is 10.1. The van der Waals surface area contributed by atoms with E-state index in [4.69, 9.17) is 0 Å². The first-order valence-corrected chi connectivity index (χ1v) is 6.61. The smallest absolute Gasteiger partial charge is 0.229 e. The molecule has 1 amide bonds. The van der Waals surface area contributed by atoms with Crippen molar-refractivity contribution >= 4 is 27.7 Å². The van der Waals surface area contributed by atoms with E-state index in [0.717, 1.165) is 22.2 Å². The number of hydrogen-bond acceptors (Lipinski definition) is 2. The Bertz CT molecular complexity index is 662. The van der Waals surface area contributed by atoms with Crippen molar-refractivity contribution in [1.29, 1.82) is 0 Å². The van der Waals surface area contributed by atoms with Crippen LogP contribution in [0.25, 0.3) is 0 Å². The lowest BCUT2D eigenvalue weighted by molar-refractivity contribution is -0.115. The molecule has 20 heavy (non-hydrogen) atoms. The zero-order valence-corrected chi connectivity index (χ0v) is 12.2. The SMILES string of the molecule is Cc1cc(Br)cnc1NC(=O)Cc1ccc(F)c(F)c1. The molecule has 2 rings (SSSR count). The predicted molar refractivity (Wildman–Crippen MR) is 75.4 cm³/mol. The Kier molecular flexibility index (Phi) is 4.44. The number of halogens is 3. The topological polar surface area (TPSA) is 42.0 Å². The number of rotatable bonds is 3. The van der Waals surface area contributed by atoms with Gasteiger partial charge in [-0.25, -0.2) is 13.8 Å². The molecule has 0 aliphatic carbocycles. The Labute approximate surface area is 123 Å². The fourth-order valence-corrected chi connectivity index (χ4v) is 2.13. The standard InChI is InChI=1S/C14H11BrF2N2O/c1-8-4-10(15)7-18-14(8)19-13(20)6-9-2-3-11(16)12(17)5-9/h2-5,7H,6H2,1H3,(H,18,19,20). The molecule has 0 unspecified atom stereocenters. The number of pyridine rings is 1. The quantitative estimate of drug-likeness (QED) is 0.927. The Balaban J connectivity index is 2.07. The van der Waals surface area contributed by atoms with Crippen LogP contribution in [-0.2, 0) is 11.2 Å². The molecule has 0 aliphatic heterocycles. The molecule has 1 heterocycles. The minimum Gasteiger partial charge on any atom is -0.310 e.